The Morgan fingerprint density at radius 2 is 2.00 bits per heavy atom. The number of methoxy groups -OCH3 is 1. The molecule has 2 rings (SSSR count). The molecule has 0 saturated carbocycles. The molecule has 1 amide bonds. The fraction of sp³-hybridized carbons (Fsp3) is 0.500. The van der Waals surface area contributed by atoms with E-state index in [1.807, 2.05) is 24.8 Å². The number of hydrogen-bond donors (Lipinski definition) is 0. The first-order chi connectivity index (χ1) is 9.01. The van der Waals surface area contributed by atoms with Crippen LogP contribution in [0.3, 0.4) is 0 Å². The van der Waals surface area contributed by atoms with Gasteiger partial charge in [0, 0.05) is 17.6 Å². The van der Waals surface area contributed by atoms with Gasteiger partial charge in [-0.1, -0.05) is 15.9 Å². The van der Waals surface area contributed by atoms with E-state index >= 15 is 0 Å². The Hall–Kier alpha value is -1.07. The SMILES string of the molecule is COc1cc(Br)ccc1C(=O)N1CC(C)OC(C)C1. The number of halogens is 1. The molecule has 0 spiro atoms. The molecule has 5 heteroatoms. The molecule has 0 N–H and O–H groups in total. The van der Waals surface area contributed by atoms with E-state index in [1.54, 1.807) is 19.2 Å². The summed E-state index contributed by atoms with van der Waals surface area (Å²) in [6, 6.07) is 5.44. The zero-order valence-electron chi connectivity index (χ0n) is 11.4. The van der Waals surface area contributed by atoms with Crippen molar-refractivity contribution in [2.24, 2.45) is 0 Å². The quantitative estimate of drug-likeness (QED) is 0.838. The molecule has 1 aliphatic rings. The number of amides is 1. The van der Waals surface area contributed by atoms with Gasteiger partial charge in [-0.2, -0.15) is 0 Å². The Labute approximate surface area is 121 Å². The number of carbonyl (C=O) groups is 1. The second-order valence-corrected chi connectivity index (χ2v) is 5.73. The van der Waals surface area contributed by atoms with Crippen molar-refractivity contribution >= 4 is 21.8 Å². The second-order valence-electron chi connectivity index (χ2n) is 4.81. The molecule has 1 aliphatic heterocycles. The van der Waals surface area contributed by atoms with E-state index in [4.69, 9.17) is 9.47 Å². The Kier molecular flexibility index (Phi) is 4.47. The molecule has 0 bridgehead atoms. The van der Waals surface area contributed by atoms with Crippen molar-refractivity contribution in [3.8, 4) is 5.75 Å². The number of ether oxygens (including phenoxy) is 2. The minimum atomic E-state index is -0.00801. The molecular weight excluding hydrogens is 310 g/mol. The third kappa shape index (κ3) is 3.28. The van der Waals surface area contributed by atoms with Crippen LogP contribution >= 0.6 is 15.9 Å². The van der Waals surface area contributed by atoms with Gasteiger partial charge in [-0.15, -0.1) is 0 Å². The molecule has 1 aromatic rings. The van der Waals surface area contributed by atoms with Gasteiger partial charge in [0.25, 0.3) is 5.91 Å². The van der Waals surface area contributed by atoms with Crippen molar-refractivity contribution in [1.82, 2.24) is 4.90 Å². The van der Waals surface area contributed by atoms with Gasteiger partial charge < -0.3 is 14.4 Å². The Morgan fingerprint density at radius 3 is 2.58 bits per heavy atom. The number of morpholine rings is 1. The minimum Gasteiger partial charge on any atom is -0.496 e. The largest absolute Gasteiger partial charge is 0.496 e. The summed E-state index contributed by atoms with van der Waals surface area (Å²) in [6.07, 6.45) is 0.128. The molecule has 2 unspecified atom stereocenters. The maximum atomic E-state index is 12.6. The van der Waals surface area contributed by atoms with Gasteiger partial charge in [-0.25, -0.2) is 0 Å². The molecule has 0 aliphatic carbocycles. The fourth-order valence-electron chi connectivity index (χ4n) is 2.36. The summed E-state index contributed by atoms with van der Waals surface area (Å²) >= 11 is 3.38. The highest BCUT2D eigenvalue weighted by atomic mass is 79.9. The number of rotatable bonds is 2. The second kappa shape index (κ2) is 5.92. The first-order valence-corrected chi connectivity index (χ1v) is 7.09. The Morgan fingerprint density at radius 1 is 1.37 bits per heavy atom. The average Bonchev–Trinajstić information content (AvgIpc) is 2.36. The highest BCUT2D eigenvalue weighted by molar-refractivity contribution is 9.10. The summed E-state index contributed by atoms with van der Waals surface area (Å²) < 4.78 is 11.8. The van der Waals surface area contributed by atoms with Crippen molar-refractivity contribution in [3.05, 3.63) is 28.2 Å². The van der Waals surface area contributed by atoms with Crippen molar-refractivity contribution < 1.29 is 14.3 Å². The maximum absolute atomic E-state index is 12.6. The van der Waals surface area contributed by atoms with E-state index in [0.717, 1.165) is 4.47 Å². The van der Waals surface area contributed by atoms with Crippen LogP contribution in [-0.2, 0) is 4.74 Å². The number of nitrogens with zero attached hydrogens (tertiary/aromatic N) is 1. The van der Waals surface area contributed by atoms with Crippen LogP contribution < -0.4 is 4.74 Å². The minimum absolute atomic E-state index is 0.00801. The molecule has 19 heavy (non-hydrogen) atoms. The van der Waals surface area contributed by atoms with Crippen LogP contribution in [0, 0.1) is 0 Å². The zero-order valence-corrected chi connectivity index (χ0v) is 12.9. The van der Waals surface area contributed by atoms with E-state index < -0.39 is 0 Å². The normalized spacial score (nSPS) is 23.3. The third-order valence-corrected chi connectivity index (χ3v) is 3.59. The van der Waals surface area contributed by atoms with Crippen molar-refractivity contribution in [1.29, 1.82) is 0 Å². The van der Waals surface area contributed by atoms with E-state index in [1.165, 1.54) is 0 Å². The summed E-state index contributed by atoms with van der Waals surface area (Å²) in [5, 5.41) is 0. The van der Waals surface area contributed by atoms with E-state index in [0.29, 0.717) is 24.4 Å². The van der Waals surface area contributed by atoms with Gasteiger partial charge in [-0.05, 0) is 32.0 Å². The first kappa shape index (κ1) is 14.3. The van der Waals surface area contributed by atoms with E-state index in [-0.39, 0.29) is 18.1 Å². The highest BCUT2D eigenvalue weighted by Gasteiger charge is 2.28. The lowest BCUT2D eigenvalue weighted by Crippen LogP contribution is -2.48. The summed E-state index contributed by atoms with van der Waals surface area (Å²) in [4.78, 5) is 14.4. The van der Waals surface area contributed by atoms with Crippen molar-refractivity contribution in [2.45, 2.75) is 26.1 Å². The van der Waals surface area contributed by atoms with Gasteiger partial charge in [0.05, 0.1) is 24.9 Å². The zero-order chi connectivity index (χ0) is 14.0. The van der Waals surface area contributed by atoms with Gasteiger partial charge >= 0.3 is 0 Å². The van der Waals surface area contributed by atoms with Crippen LogP contribution in [0.2, 0.25) is 0 Å². The smallest absolute Gasteiger partial charge is 0.257 e. The Balaban J connectivity index is 2.24. The van der Waals surface area contributed by atoms with Gasteiger partial charge in [0.15, 0.2) is 0 Å². The van der Waals surface area contributed by atoms with E-state index in [2.05, 4.69) is 15.9 Å². The molecule has 1 fully saturated rings. The molecular formula is C14H18BrNO3. The van der Waals surface area contributed by atoms with Crippen LogP contribution in [0.4, 0.5) is 0 Å². The average molecular weight is 328 g/mol. The predicted molar refractivity (Wildman–Crippen MR) is 76.6 cm³/mol. The van der Waals surface area contributed by atoms with Crippen molar-refractivity contribution in [3.63, 3.8) is 0 Å². The summed E-state index contributed by atoms with van der Waals surface area (Å²) in [6.45, 7) is 5.19. The molecule has 0 radical (unpaired) electrons. The highest BCUT2D eigenvalue weighted by Crippen LogP contribution is 2.25. The fourth-order valence-corrected chi connectivity index (χ4v) is 2.70. The molecule has 1 aromatic carbocycles. The summed E-state index contributed by atoms with van der Waals surface area (Å²) in [5.74, 6) is 0.581. The van der Waals surface area contributed by atoms with E-state index in [9.17, 15) is 4.79 Å². The summed E-state index contributed by atoms with van der Waals surface area (Å²) in [7, 11) is 1.57. The lowest BCUT2D eigenvalue weighted by atomic mass is 10.1. The molecule has 0 aromatic heterocycles. The van der Waals surface area contributed by atoms with Crippen LogP contribution in [0.25, 0.3) is 0 Å². The predicted octanol–water partition coefficient (Wildman–Crippen LogP) is 2.71. The summed E-state index contributed by atoms with van der Waals surface area (Å²) in [5.41, 5.74) is 0.590. The maximum Gasteiger partial charge on any atom is 0.257 e. The standard InChI is InChI=1S/C14H18BrNO3/c1-9-7-16(8-10(2)19-9)14(17)12-5-4-11(15)6-13(12)18-3/h4-6,9-10H,7-8H2,1-3H3. The molecule has 2 atom stereocenters. The van der Waals surface area contributed by atoms with Gasteiger partial charge in [-0.3, -0.25) is 4.79 Å². The number of carbonyl (C=O) groups excluding carboxylic acids is 1. The van der Waals surface area contributed by atoms with Crippen LogP contribution in [0.1, 0.15) is 24.2 Å². The lowest BCUT2D eigenvalue weighted by molar-refractivity contribution is -0.0586. The third-order valence-electron chi connectivity index (χ3n) is 3.10. The number of benzene rings is 1. The molecule has 1 saturated heterocycles. The first-order valence-electron chi connectivity index (χ1n) is 6.29. The van der Waals surface area contributed by atoms with Crippen LogP contribution in [0.15, 0.2) is 22.7 Å². The van der Waals surface area contributed by atoms with Crippen LogP contribution in [0.5, 0.6) is 5.75 Å². The monoisotopic (exact) mass is 327 g/mol. The Bertz CT molecular complexity index is 468. The number of hydrogen-bond acceptors (Lipinski definition) is 3. The molecule has 4 nitrogen and oxygen atoms in total. The molecule has 1 heterocycles. The van der Waals surface area contributed by atoms with Gasteiger partial charge in [0.1, 0.15) is 5.75 Å². The topological polar surface area (TPSA) is 38.8 Å². The van der Waals surface area contributed by atoms with Crippen LogP contribution in [-0.4, -0.2) is 43.2 Å². The van der Waals surface area contributed by atoms with Gasteiger partial charge in [0.2, 0.25) is 0 Å². The lowest BCUT2D eigenvalue weighted by Gasteiger charge is -2.35. The molecule has 104 valence electrons. The van der Waals surface area contributed by atoms with Crippen molar-refractivity contribution in [2.75, 3.05) is 20.2 Å².